The first-order valence-electron chi connectivity index (χ1n) is 3.72. The molecule has 58 valence electrons. The molecule has 0 N–H and O–H groups in total. The zero-order chi connectivity index (χ0) is 8.01. The molecule has 1 aliphatic heterocycles. The van der Waals surface area contributed by atoms with Gasteiger partial charge in [0.05, 0.1) is 12.0 Å². The maximum Gasteiger partial charge on any atom is 0.236 e. The molecule has 2 atom stereocenters. The summed E-state index contributed by atoms with van der Waals surface area (Å²) in [5.41, 5.74) is 0. The Morgan fingerprint density at radius 1 is 1.64 bits per heavy atom. The van der Waals surface area contributed by atoms with Crippen LogP contribution in [-0.2, 0) is 9.59 Å². The van der Waals surface area contributed by atoms with Crippen molar-refractivity contribution >= 4 is 11.8 Å². The standard InChI is InChI=1S/C8H9NO2/c1-5(10)9-7-3-2-6(4-7)8(9)11/h2-3,6-7H,4H2,1H3/t6-,7-/m1/s1. The Morgan fingerprint density at radius 2 is 2.36 bits per heavy atom. The lowest BCUT2D eigenvalue weighted by Crippen LogP contribution is -2.38. The number of nitrogens with zero attached hydrogens (tertiary/aromatic N) is 1. The molecular formula is C8H9NO2. The van der Waals surface area contributed by atoms with Crippen LogP contribution in [0.25, 0.3) is 0 Å². The van der Waals surface area contributed by atoms with E-state index in [2.05, 4.69) is 0 Å². The molecule has 2 amide bonds. The average Bonchev–Trinajstić information content (AvgIpc) is 2.44. The molecule has 0 spiro atoms. The van der Waals surface area contributed by atoms with Crippen molar-refractivity contribution in [1.29, 1.82) is 0 Å². The summed E-state index contributed by atoms with van der Waals surface area (Å²) in [5, 5.41) is 0. The highest BCUT2D eigenvalue weighted by atomic mass is 16.2. The van der Waals surface area contributed by atoms with Crippen molar-refractivity contribution in [2.24, 2.45) is 5.92 Å². The second kappa shape index (κ2) is 1.94. The molecule has 3 nitrogen and oxygen atoms in total. The molecule has 2 bridgehead atoms. The van der Waals surface area contributed by atoms with Crippen molar-refractivity contribution in [2.75, 3.05) is 0 Å². The predicted octanol–water partition coefficient (Wildman–Crippen LogP) is 0.320. The minimum absolute atomic E-state index is 0.0103. The third-order valence-corrected chi connectivity index (χ3v) is 2.29. The Balaban J connectivity index is 2.32. The highest BCUT2D eigenvalue weighted by molar-refractivity contribution is 5.99. The maximum absolute atomic E-state index is 11.3. The molecule has 11 heavy (non-hydrogen) atoms. The quantitative estimate of drug-likeness (QED) is 0.467. The zero-order valence-electron chi connectivity index (χ0n) is 6.28. The maximum atomic E-state index is 11.3. The van der Waals surface area contributed by atoms with Crippen LogP contribution < -0.4 is 0 Å². The molecule has 1 heterocycles. The molecule has 1 aliphatic carbocycles. The lowest BCUT2D eigenvalue weighted by Gasteiger charge is -2.19. The SMILES string of the molecule is CC(=O)N1C(=O)[C@@H]2C=C[C@@H]1C2. The molecule has 1 saturated heterocycles. The number of hydrogen-bond acceptors (Lipinski definition) is 2. The first-order chi connectivity index (χ1) is 5.20. The van der Waals surface area contributed by atoms with Crippen LogP contribution in [-0.4, -0.2) is 22.8 Å². The van der Waals surface area contributed by atoms with Gasteiger partial charge in [-0.15, -0.1) is 0 Å². The van der Waals surface area contributed by atoms with Gasteiger partial charge >= 0.3 is 0 Å². The van der Waals surface area contributed by atoms with E-state index in [9.17, 15) is 9.59 Å². The van der Waals surface area contributed by atoms with Crippen LogP contribution in [0.15, 0.2) is 12.2 Å². The van der Waals surface area contributed by atoms with Gasteiger partial charge in [-0.1, -0.05) is 12.2 Å². The van der Waals surface area contributed by atoms with Gasteiger partial charge in [0, 0.05) is 6.92 Å². The number of fused-ring (bicyclic) bond motifs is 2. The van der Waals surface area contributed by atoms with E-state index in [1.54, 1.807) is 0 Å². The molecular weight excluding hydrogens is 142 g/mol. The van der Waals surface area contributed by atoms with Crippen LogP contribution in [0.1, 0.15) is 13.3 Å². The van der Waals surface area contributed by atoms with E-state index < -0.39 is 0 Å². The third kappa shape index (κ3) is 0.737. The van der Waals surface area contributed by atoms with E-state index in [0.29, 0.717) is 0 Å². The van der Waals surface area contributed by atoms with Crippen LogP contribution >= 0.6 is 0 Å². The Bertz CT molecular complexity index is 257. The number of likely N-dealkylation sites (tertiary alicyclic amines) is 1. The van der Waals surface area contributed by atoms with Gasteiger partial charge in [0.15, 0.2) is 0 Å². The smallest absolute Gasteiger partial charge is 0.236 e. The number of amides is 2. The number of carbonyl (C=O) groups excluding carboxylic acids is 2. The van der Waals surface area contributed by atoms with Crippen LogP contribution in [0.2, 0.25) is 0 Å². The topological polar surface area (TPSA) is 37.4 Å². The molecule has 0 aromatic rings. The highest BCUT2D eigenvalue weighted by Crippen LogP contribution is 2.32. The van der Waals surface area contributed by atoms with E-state index in [4.69, 9.17) is 0 Å². The number of rotatable bonds is 0. The lowest BCUT2D eigenvalue weighted by atomic mass is 10.1. The van der Waals surface area contributed by atoms with Crippen molar-refractivity contribution in [3.05, 3.63) is 12.2 Å². The van der Waals surface area contributed by atoms with Gasteiger partial charge in [-0.25, -0.2) is 0 Å². The monoisotopic (exact) mass is 151 g/mol. The van der Waals surface area contributed by atoms with Gasteiger partial charge in [0.25, 0.3) is 0 Å². The summed E-state index contributed by atoms with van der Waals surface area (Å²) in [4.78, 5) is 23.5. The largest absolute Gasteiger partial charge is 0.275 e. The minimum Gasteiger partial charge on any atom is -0.275 e. The fourth-order valence-corrected chi connectivity index (χ4v) is 1.79. The molecule has 0 aromatic carbocycles. The van der Waals surface area contributed by atoms with Gasteiger partial charge in [-0.2, -0.15) is 0 Å². The summed E-state index contributed by atoms with van der Waals surface area (Å²) in [6.45, 7) is 1.44. The zero-order valence-corrected chi connectivity index (χ0v) is 6.28. The molecule has 0 aromatic heterocycles. The van der Waals surface area contributed by atoms with Crippen LogP contribution in [0.5, 0.6) is 0 Å². The van der Waals surface area contributed by atoms with Gasteiger partial charge in [-0.3, -0.25) is 14.5 Å². The van der Waals surface area contributed by atoms with Gasteiger partial charge in [0.2, 0.25) is 11.8 Å². The van der Waals surface area contributed by atoms with Gasteiger partial charge in [0.1, 0.15) is 0 Å². The lowest BCUT2D eigenvalue weighted by molar-refractivity contribution is -0.143. The number of carbonyl (C=O) groups is 2. The van der Waals surface area contributed by atoms with Crippen molar-refractivity contribution in [2.45, 2.75) is 19.4 Å². The van der Waals surface area contributed by atoms with Crippen molar-refractivity contribution in [3.63, 3.8) is 0 Å². The number of imide groups is 1. The van der Waals surface area contributed by atoms with E-state index in [0.717, 1.165) is 6.42 Å². The summed E-state index contributed by atoms with van der Waals surface area (Å²) in [6.07, 6.45) is 4.64. The summed E-state index contributed by atoms with van der Waals surface area (Å²) in [5.74, 6) is -0.166. The minimum atomic E-state index is -0.133. The summed E-state index contributed by atoms with van der Waals surface area (Å²) >= 11 is 0. The highest BCUT2D eigenvalue weighted by Gasteiger charge is 2.42. The fourth-order valence-electron chi connectivity index (χ4n) is 1.79. The van der Waals surface area contributed by atoms with Gasteiger partial charge in [-0.05, 0) is 6.42 Å². The molecule has 2 aliphatic rings. The van der Waals surface area contributed by atoms with E-state index in [1.165, 1.54) is 11.8 Å². The molecule has 3 heteroatoms. The van der Waals surface area contributed by atoms with Crippen molar-refractivity contribution in [1.82, 2.24) is 4.90 Å². The first kappa shape index (κ1) is 6.58. The Hall–Kier alpha value is -1.12. The second-order valence-electron chi connectivity index (χ2n) is 3.02. The van der Waals surface area contributed by atoms with E-state index >= 15 is 0 Å². The van der Waals surface area contributed by atoms with Crippen LogP contribution in [0, 0.1) is 5.92 Å². The molecule has 0 radical (unpaired) electrons. The molecule has 0 unspecified atom stereocenters. The number of hydrogen-bond donors (Lipinski definition) is 0. The molecule has 2 rings (SSSR count). The molecule has 1 fully saturated rings. The Kier molecular flexibility index (Phi) is 1.16. The first-order valence-corrected chi connectivity index (χ1v) is 3.72. The Morgan fingerprint density at radius 3 is 2.73 bits per heavy atom. The van der Waals surface area contributed by atoms with E-state index in [1.807, 2.05) is 12.2 Å². The van der Waals surface area contributed by atoms with Crippen LogP contribution in [0.4, 0.5) is 0 Å². The van der Waals surface area contributed by atoms with Gasteiger partial charge < -0.3 is 0 Å². The average molecular weight is 151 g/mol. The third-order valence-electron chi connectivity index (χ3n) is 2.29. The van der Waals surface area contributed by atoms with Crippen molar-refractivity contribution < 1.29 is 9.59 Å². The van der Waals surface area contributed by atoms with Crippen LogP contribution in [0.3, 0.4) is 0 Å². The fraction of sp³-hybridized carbons (Fsp3) is 0.500. The summed E-state index contributed by atoms with van der Waals surface area (Å²) in [7, 11) is 0. The van der Waals surface area contributed by atoms with E-state index in [-0.39, 0.29) is 23.8 Å². The predicted molar refractivity (Wildman–Crippen MR) is 38.6 cm³/mol. The van der Waals surface area contributed by atoms with Crippen molar-refractivity contribution in [3.8, 4) is 0 Å². The summed E-state index contributed by atoms with van der Waals surface area (Å²) < 4.78 is 0. The summed E-state index contributed by atoms with van der Waals surface area (Å²) in [6, 6.07) is 0.0602. The second-order valence-corrected chi connectivity index (χ2v) is 3.02. The normalized spacial score (nSPS) is 33.5. The Labute approximate surface area is 64.7 Å². The molecule has 0 saturated carbocycles.